The molecule has 0 saturated carbocycles. The van der Waals surface area contributed by atoms with E-state index < -0.39 is 0 Å². The monoisotopic (exact) mass is 362 g/mol. The molecule has 4 nitrogen and oxygen atoms in total. The molecule has 0 saturated heterocycles. The molecule has 0 radical (unpaired) electrons. The number of nitrogen functional groups attached to an aromatic ring is 1. The molecule has 0 fully saturated rings. The number of rotatable bonds is 7. The van der Waals surface area contributed by atoms with Gasteiger partial charge in [0.15, 0.2) is 5.13 Å². The zero-order valence-electron chi connectivity index (χ0n) is 16.2. The van der Waals surface area contributed by atoms with Crippen molar-refractivity contribution >= 4 is 16.5 Å². The molecule has 0 aliphatic carbocycles. The molecule has 1 aromatic carbocycles. The molecule has 0 amide bonds. The lowest BCUT2D eigenvalue weighted by Crippen LogP contribution is -2.04. The number of unbranched alkanes of at least 4 members (excludes halogenated alkanes) is 1. The van der Waals surface area contributed by atoms with Crippen molar-refractivity contribution in [1.29, 1.82) is 0 Å². The average molecular weight is 363 g/mol. The smallest absolute Gasteiger partial charge is 0.180 e. The Balaban J connectivity index is 2.28. The maximum atomic E-state index is 6.02. The minimum absolute atomic E-state index is 0.378. The van der Waals surface area contributed by atoms with E-state index >= 15 is 0 Å². The first-order valence-corrected chi connectivity index (χ1v) is 9.55. The van der Waals surface area contributed by atoms with E-state index in [9.17, 15) is 0 Å². The predicted molar refractivity (Wildman–Crippen MR) is 107 cm³/mol. The van der Waals surface area contributed by atoms with Crippen LogP contribution < -0.4 is 15.2 Å². The van der Waals surface area contributed by atoms with Gasteiger partial charge in [-0.25, -0.2) is 4.98 Å². The van der Waals surface area contributed by atoms with Gasteiger partial charge in [-0.1, -0.05) is 27.2 Å². The van der Waals surface area contributed by atoms with Crippen LogP contribution in [0.3, 0.4) is 0 Å². The number of thiazole rings is 1. The van der Waals surface area contributed by atoms with Crippen molar-refractivity contribution < 1.29 is 9.47 Å². The Bertz CT molecular complexity index is 717. The number of anilines is 1. The molecule has 2 N–H and O–H groups in total. The lowest BCUT2D eigenvalue weighted by molar-refractivity contribution is 0.360. The summed E-state index contributed by atoms with van der Waals surface area (Å²) in [5.74, 6) is 1.64. The van der Waals surface area contributed by atoms with E-state index in [1.807, 2.05) is 19.1 Å². The Morgan fingerprint density at radius 2 is 1.76 bits per heavy atom. The number of benzene rings is 1. The average Bonchev–Trinajstić information content (AvgIpc) is 2.91. The topological polar surface area (TPSA) is 57.4 Å². The molecule has 5 heteroatoms. The van der Waals surface area contributed by atoms with E-state index in [-0.39, 0.29) is 0 Å². The Morgan fingerprint density at radius 3 is 2.36 bits per heavy atom. The van der Waals surface area contributed by atoms with Crippen molar-refractivity contribution in [2.75, 3.05) is 20.0 Å². The standard InChI is InChI=1S/C20H30N2O2S/c1-13-11-16(24-6)14(12-15(13)23-5)18-17(25-19(21)22-18)9-7-8-10-20(2,3)4/h11-12H,7-10H2,1-6H3,(H2,21,22). The molecule has 0 aliphatic heterocycles. The number of hydrogen-bond donors (Lipinski definition) is 1. The van der Waals surface area contributed by atoms with Crippen molar-refractivity contribution in [1.82, 2.24) is 4.98 Å². The molecule has 1 heterocycles. The summed E-state index contributed by atoms with van der Waals surface area (Å²) in [7, 11) is 3.37. The third kappa shape index (κ3) is 5.11. The van der Waals surface area contributed by atoms with Crippen molar-refractivity contribution in [3.8, 4) is 22.8 Å². The summed E-state index contributed by atoms with van der Waals surface area (Å²) in [6, 6.07) is 3.99. The highest BCUT2D eigenvalue weighted by Gasteiger charge is 2.18. The number of aryl methyl sites for hydroxylation is 2. The van der Waals surface area contributed by atoms with E-state index in [0.717, 1.165) is 41.2 Å². The van der Waals surface area contributed by atoms with E-state index in [2.05, 4.69) is 25.8 Å². The number of methoxy groups -OCH3 is 2. The fourth-order valence-electron chi connectivity index (χ4n) is 2.93. The maximum absolute atomic E-state index is 6.02. The van der Waals surface area contributed by atoms with E-state index in [1.54, 1.807) is 25.6 Å². The summed E-state index contributed by atoms with van der Waals surface area (Å²) < 4.78 is 11.1. The number of hydrogen-bond acceptors (Lipinski definition) is 5. The summed E-state index contributed by atoms with van der Waals surface area (Å²) in [5.41, 5.74) is 9.31. The third-order valence-electron chi connectivity index (χ3n) is 4.27. The van der Waals surface area contributed by atoms with Crippen molar-refractivity contribution in [3.05, 3.63) is 22.6 Å². The van der Waals surface area contributed by atoms with Gasteiger partial charge in [0.1, 0.15) is 11.5 Å². The van der Waals surface area contributed by atoms with Gasteiger partial charge in [-0.2, -0.15) is 0 Å². The van der Waals surface area contributed by atoms with Crippen LogP contribution in [0.5, 0.6) is 11.5 Å². The number of nitrogens with zero attached hydrogens (tertiary/aromatic N) is 1. The van der Waals surface area contributed by atoms with Gasteiger partial charge in [0.25, 0.3) is 0 Å². The molecule has 1 aromatic heterocycles. The van der Waals surface area contributed by atoms with Crippen LogP contribution in [-0.2, 0) is 6.42 Å². The number of nitrogens with two attached hydrogens (primary N) is 1. The van der Waals surface area contributed by atoms with E-state index in [1.165, 1.54) is 17.7 Å². The quantitative estimate of drug-likeness (QED) is 0.663. The van der Waals surface area contributed by atoms with Crippen LogP contribution in [0.15, 0.2) is 12.1 Å². The van der Waals surface area contributed by atoms with Crippen molar-refractivity contribution in [3.63, 3.8) is 0 Å². The molecule has 0 unspecified atom stereocenters. The zero-order chi connectivity index (χ0) is 18.6. The first-order valence-electron chi connectivity index (χ1n) is 8.73. The minimum atomic E-state index is 0.378. The van der Waals surface area contributed by atoms with Crippen LogP contribution in [0.1, 0.15) is 50.5 Å². The molecular formula is C20H30N2O2S. The van der Waals surface area contributed by atoms with Gasteiger partial charge in [-0.3, -0.25) is 0 Å². The first kappa shape index (κ1) is 19.6. The van der Waals surface area contributed by atoms with Crippen LogP contribution in [0, 0.1) is 12.3 Å². The highest BCUT2D eigenvalue weighted by molar-refractivity contribution is 7.15. The fraction of sp³-hybridized carbons (Fsp3) is 0.550. The second kappa shape index (κ2) is 8.09. The normalized spacial score (nSPS) is 11.6. The predicted octanol–water partition coefficient (Wildman–Crippen LogP) is 5.48. The van der Waals surface area contributed by atoms with Gasteiger partial charge in [-0.05, 0) is 49.3 Å². The molecular weight excluding hydrogens is 332 g/mol. The van der Waals surface area contributed by atoms with Gasteiger partial charge in [0.05, 0.1) is 19.9 Å². The summed E-state index contributed by atoms with van der Waals surface area (Å²) in [4.78, 5) is 5.80. The highest BCUT2D eigenvalue weighted by atomic mass is 32.1. The largest absolute Gasteiger partial charge is 0.496 e. The molecule has 25 heavy (non-hydrogen) atoms. The molecule has 2 rings (SSSR count). The molecule has 2 aromatic rings. The Labute approximate surface area is 155 Å². The molecule has 0 aliphatic rings. The third-order valence-corrected chi connectivity index (χ3v) is 5.21. The minimum Gasteiger partial charge on any atom is -0.496 e. The van der Waals surface area contributed by atoms with Gasteiger partial charge < -0.3 is 15.2 Å². The lowest BCUT2D eigenvalue weighted by atomic mass is 9.89. The highest BCUT2D eigenvalue weighted by Crippen LogP contribution is 2.40. The van der Waals surface area contributed by atoms with Crippen LogP contribution in [-0.4, -0.2) is 19.2 Å². The number of aromatic nitrogens is 1. The van der Waals surface area contributed by atoms with Crippen molar-refractivity contribution in [2.45, 2.75) is 53.4 Å². The van der Waals surface area contributed by atoms with Crippen LogP contribution in [0.4, 0.5) is 5.13 Å². The molecule has 0 atom stereocenters. The van der Waals surface area contributed by atoms with Gasteiger partial charge in [-0.15, -0.1) is 11.3 Å². The summed E-state index contributed by atoms with van der Waals surface area (Å²) in [5, 5.41) is 0.599. The number of ether oxygens (including phenoxy) is 2. The second-order valence-corrected chi connectivity index (χ2v) is 8.73. The Kier molecular flexibility index (Phi) is 6.33. The molecule has 0 bridgehead atoms. The summed E-state index contributed by atoms with van der Waals surface area (Å²) in [6.07, 6.45) is 4.55. The molecule has 138 valence electrons. The second-order valence-electron chi connectivity index (χ2n) is 7.61. The van der Waals surface area contributed by atoms with Gasteiger partial charge >= 0.3 is 0 Å². The Hall–Kier alpha value is -1.75. The van der Waals surface area contributed by atoms with E-state index in [0.29, 0.717) is 10.5 Å². The van der Waals surface area contributed by atoms with Crippen LogP contribution in [0.25, 0.3) is 11.3 Å². The summed E-state index contributed by atoms with van der Waals surface area (Å²) >= 11 is 1.57. The van der Waals surface area contributed by atoms with Crippen molar-refractivity contribution in [2.24, 2.45) is 5.41 Å². The van der Waals surface area contributed by atoms with Crippen LogP contribution >= 0.6 is 11.3 Å². The first-order chi connectivity index (χ1) is 11.7. The maximum Gasteiger partial charge on any atom is 0.180 e. The van der Waals surface area contributed by atoms with E-state index in [4.69, 9.17) is 15.2 Å². The summed E-state index contributed by atoms with van der Waals surface area (Å²) in [6.45, 7) is 8.86. The Morgan fingerprint density at radius 1 is 1.08 bits per heavy atom. The lowest BCUT2D eigenvalue weighted by Gasteiger charge is -2.17. The molecule has 0 spiro atoms. The van der Waals surface area contributed by atoms with Gasteiger partial charge in [0, 0.05) is 10.4 Å². The zero-order valence-corrected chi connectivity index (χ0v) is 17.0. The van der Waals surface area contributed by atoms with Gasteiger partial charge in [0.2, 0.25) is 0 Å². The fourth-order valence-corrected chi connectivity index (χ4v) is 3.81. The SMILES string of the molecule is COc1cc(-c2nc(N)sc2CCCCC(C)(C)C)c(OC)cc1C. The van der Waals surface area contributed by atoms with Crippen LogP contribution in [0.2, 0.25) is 0 Å².